The van der Waals surface area contributed by atoms with Crippen LogP contribution in [0.5, 0.6) is 0 Å². The number of carbonyl (C=O) groups excluding carboxylic acids is 5. The van der Waals surface area contributed by atoms with Crippen LogP contribution in [0, 0.1) is 5.92 Å². The fourth-order valence-electron chi connectivity index (χ4n) is 3.82. The summed E-state index contributed by atoms with van der Waals surface area (Å²) >= 11 is 0. The summed E-state index contributed by atoms with van der Waals surface area (Å²) in [4.78, 5) is 79.3. The number of carbonyl (C=O) groups is 6. The molecule has 0 aromatic carbocycles. The number of fused-ring (bicyclic) bond motifs is 2. The summed E-state index contributed by atoms with van der Waals surface area (Å²) in [5.74, 6) is -5.32. The molecule has 2 rings (SSSR count). The van der Waals surface area contributed by atoms with Gasteiger partial charge in [-0.05, 0) is 18.8 Å². The van der Waals surface area contributed by atoms with Gasteiger partial charge in [-0.15, -0.1) is 5.10 Å². The van der Waals surface area contributed by atoms with Crippen LogP contribution < -0.4 is 38.1 Å². The molecule has 4 atom stereocenters. The number of aliphatic imine (C=N–C) groups is 1. The Labute approximate surface area is 235 Å². The van der Waals surface area contributed by atoms with Crippen molar-refractivity contribution in [3.05, 3.63) is 11.9 Å². The standard InChI is InChI=1S/C23H37N11O7/c1-3-12(2)19-22(41)30-14(5-4-6-26-23(24)25)20(39)28-9-16(35)29-15(7-18(37)38)21(40)27-8-13-10-34(33-32-13)11-17(36)31-19/h10,12,14-15,19H,3-9,11H2,1-2H3,(H,27,40)(H,28,39)(H,29,35)(H,30,41)(H,31,36)(H,37,38)(H4,24,25,26)/t12-,14+,15+,19-/m0/s1. The fourth-order valence-corrected chi connectivity index (χ4v) is 3.82. The lowest BCUT2D eigenvalue weighted by Gasteiger charge is -2.26. The van der Waals surface area contributed by atoms with E-state index in [0.717, 1.165) is 0 Å². The van der Waals surface area contributed by atoms with Gasteiger partial charge in [-0.3, -0.25) is 33.8 Å². The Balaban J connectivity index is 2.34. The zero-order valence-corrected chi connectivity index (χ0v) is 22.9. The van der Waals surface area contributed by atoms with Crippen molar-refractivity contribution in [2.75, 3.05) is 13.1 Å². The molecule has 1 aromatic rings. The van der Waals surface area contributed by atoms with Crippen molar-refractivity contribution in [2.24, 2.45) is 22.4 Å². The molecule has 0 saturated carbocycles. The van der Waals surface area contributed by atoms with Gasteiger partial charge in [0.05, 0.1) is 25.7 Å². The summed E-state index contributed by atoms with van der Waals surface area (Å²) in [6.45, 7) is 2.71. The highest BCUT2D eigenvalue weighted by Gasteiger charge is 2.31. The van der Waals surface area contributed by atoms with Crippen LogP contribution in [0.4, 0.5) is 0 Å². The summed E-state index contributed by atoms with van der Waals surface area (Å²) in [7, 11) is 0. The van der Waals surface area contributed by atoms with Gasteiger partial charge >= 0.3 is 5.97 Å². The van der Waals surface area contributed by atoms with Crippen molar-refractivity contribution >= 4 is 41.5 Å². The Morgan fingerprint density at radius 1 is 1.05 bits per heavy atom. The van der Waals surface area contributed by atoms with E-state index in [2.05, 4.69) is 41.9 Å². The molecular formula is C23H37N11O7. The predicted octanol–water partition coefficient (Wildman–Crippen LogP) is -3.95. The first-order valence-corrected chi connectivity index (χ1v) is 13.0. The lowest BCUT2D eigenvalue weighted by Crippen LogP contribution is -2.57. The van der Waals surface area contributed by atoms with Gasteiger partial charge in [-0.25, -0.2) is 4.68 Å². The number of nitrogens with two attached hydrogens (primary N) is 2. The minimum absolute atomic E-state index is 0.0862. The van der Waals surface area contributed by atoms with Crippen LogP contribution in [0.1, 0.15) is 45.2 Å². The summed E-state index contributed by atoms with van der Waals surface area (Å²) in [6, 6.07) is -3.58. The Bertz CT molecular complexity index is 1150. The molecule has 0 saturated heterocycles. The number of aliphatic carboxylic acids is 1. The molecule has 0 fully saturated rings. The van der Waals surface area contributed by atoms with E-state index in [4.69, 9.17) is 11.5 Å². The van der Waals surface area contributed by atoms with E-state index in [1.54, 1.807) is 6.92 Å². The Hall–Kier alpha value is -4.77. The molecule has 1 aliphatic heterocycles. The topological polar surface area (TPSA) is 278 Å². The first kappa shape index (κ1) is 32.4. The molecule has 0 spiro atoms. The lowest BCUT2D eigenvalue weighted by atomic mass is 9.97. The van der Waals surface area contributed by atoms with E-state index in [-0.39, 0.29) is 50.0 Å². The monoisotopic (exact) mass is 579 g/mol. The highest BCUT2D eigenvalue weighted by atomic mass is 16.4. The van der Waals surface area contributed by atoms with Gasteiger partial charge < -0.3 is 43.2 Å². The Kier molecular flexibility index (Phi) is 12.4. The average Bonchev–Trinajstić information content (AvgIpc) is 3.35. The second-order valence-corrected chi connectivity index (χ2v) is 9.50. The molecule has 2 heterocycles. The molecule has 1 aliphatic rings. The maximum absolute atomic E-state index is 13.3. The number of nitrogens with zero attached hydrogens (tertiary/aromatic N) is 4. The van der Waals surface area contributed by atoms with E-state index >= 15 is 0 Å². The Morgan fingerprint density at radius 2 is 1.73 bits per heavy atom. The molecular weight excluding hydrogens is 542 g/mol. The highest BCUT2D eigenvalue weighted by Crippen LogP contribution is 2.10. The second-order valence-electron chi connectivity index (χ2n) is 9.50. The molecule has 18 nitrogen and oxygen atoms in total. The van der Waals surface area contributed by atoms with Crippen molar-refractivity contribution in [3.8, 4) is 0 Å². The molecule has 1 aromatic heterocycles. The van der Waals surface area contributed by atoms with Crippen LogP contribution in [0.25, 0.3) is 0 Å². The fraction of sp³-hybridized carbons (Fsp3) is 0.609. The van der Waals surface area contributed by atoms with Gasteiger partial charge in [0.1, 0.15) is 30.4 Å². The zero-order valence-electron chi connectivity index (χ0n) is 22.9. The highest BCUT2D eigenvalue weighted by molar-refractivity contribution is 5.95. The molecule has 0 aliphatic carbocycles. The SMILES string of the molecule is CC[C@H](C)[C@@H]1NC(=O)Cn2cc(nn2)CNC(=O)[C@@H](CC(=O)O)NC(=O)CNC(=O)[C@@H](CCCN=C(N)N)NC1=O. The summed E-state index contributed by atoms with van der Waals surface area (Å²) in [5.41, 5.74) is 10.9. The average molecular weight is 580 g/mol. The quantitative estimate of drug-likeness (QED) is 0.0835. The minimum atomic E-state index is -1.45. The third kappa shape index (κ3) is 11.1. The summed E-state index contributed by atoms with van der Waals surface area (Å²) in [6.07, 6.45) is 1.58. The predicted molar refractivity (Wildman–Crippen MR) is 142 cm³/mol. The van der Waals surface area contributed by atoms with Crippen molar-refractivity contribution < 1.29 is 33.9 Å². The third-order valence-corrected chi connectivity index (χ3v) is 6.18. The van der Waals surface area contributed by atoms with Crippen molar-refractivity contribution in [1.82, 2.24) is 41.6 Å². The van der Waals surface area contributed by atoms with Crippen LogP contribution >= 0.6 is 0 Å². The summed E-state index contributed by atoms with van der Waals surface area (Å²) in [5, 5.41) is 29.3. The number of carboxylic acids is 1. The van der Waals surface area contributed by atoms with E-state index in [1.165, 1.54) is 10.9 Å². The molecule has 18 heteroatoms. The molecule has 226 valence electrons. The molecule has 5 amide bonds. The molecule has 0 unspecified atom stereocenters. The smallest absolute Gasteiger partial charge is 0.305 e. The van der Waals surface area contributed by atoms with Gasteiger partial charge in [0.15, 0.2) is 5.96 Å². The van der Waals surface area contributed by atoms with E-state index in [9.17, 15) is 33.9 Å². The van der Waals surface area contributed by atoms with E-state index < -0.39 is 66.6 Å². The van der Waals surface area contributed by atoms with E-state index in [0.29, 0.717) is 6.42 Å². The maximum atomic E-state index is 13.3. The van der Waals surface area contributed by atoms with Crippen LogP contribution in [-0.4, -0.2) is 92.8 Å². The van der Waals surface area contributed by atoms with Gasteiger partial charge in [0.2, 0.25) is 29.5 Å². The molecule has 41 heavy (non-hydrogen) atoms. The van der Waals surface area contributed by atoms with Gasteiger partial charge in [-0.1, -0.05) is 25.5 Å². The molecule has 0 radical (unpaired) electrons. The number of carboxylic acid groups (broad SMARTS) is 1. The summed E-state index contributed by atoms with van der Waals surface area (Å²) < 4.78 is 1.20. The number of guanidine groups is 1. The van der Waals surface area contributed by atoms with Gasteiger partial charge in [0.25, 0.3) is 0 Å². The number of hydrogen-bond acceptors (Lipinski definition) is 9. The van der Waals surface area contributed by atoms with Crippen molar-refractivity contribution in [1.29, 1.82) is 0 Å². The van der Waals surface area contributed by atoms with Crippen LogP contribution in [0.2, 0.25) is 0 Å². The number of hydrogen-bond donors (Lipinski definition) is 8. The van der Waals surface area contributed by atoms with Gasteiger partial charge in [-0.2, -0.15) is 0 Å². The first-order chi connectivity index (χ1) is 19.4. The zero-order chi connectivity index (χ0) is 30.5. The molecule has 2 bridgehead atoms. The number of nitrogens with one attached hydrogen (secondary N) is 5. The Morgan fingerprint density at radius 3 is 2.39 bits per heavy atom. The van der Waals surface area contributed by atoms with Crippen LogP contribution in [0.3, 0.4) is 0 Å². The largest absolute Gasteiger partial charge is 0.481 e. The number of amides is 5. The van der Waals surface area contributed by atoms with Crippen LogP contribution in [0.15, 0.2) is 11.2 Å². The van der Waals surface area contributed by atoms with Gasteiger partial charge in [0, 0.05) is 6.54 Å². The second kappa shape index (κ2) is 15.7. The third-order valence-electron chi connectivity index (χ3n) is 6.18. The normalized spacial score (nSPS) is 21.9. The minimum Gasteiger partial charge on any atom is -0.481 e. The first-order valence-electron chi connectivity index (χ1n) is 13.0. The maximum Gasteiger partial charge on any atom is 0.305 e. The van der Waals surface area contributed by atoms with Crippen molar-refractivity contribution in [2.45, 2.75) is 70.7 Å². The number of rotatable bonds is 8. The van der Waals surface area contributed by atoms with Crippen LogP contribution in [-0.2, 0) is 41.9 Å². The molecule has 10 N–H and O–H groups in total. The van der Waals surface area contributed by atoms with Crippen molar-refractivity contribution in [3.63, 3.8) is 0 Å². The van der Waals surface area contributed by atoms with E-state index in [1.807, 2.05) is 6.92 Å². The lowest BCUT2D eigenvalue weighted by molar-refractivity contribution is -0.140. The number of aromatic nitrogens is 3.